The van der Waals surface area contributed by atoms with Gasteiger partial charge in [0.25, 0.3) is 0 Å². The van der Waals surface area contributed by atoms with Crippen molar-refractivity contribution in [2.45, 2.75) is 20.4 Å². The van der Waals surface area contributed by atoms with E-state index in [1.165, 1.54) is 11.1 Å². The predicted octanol–water partition coefficient (Wildman–Crippen LogP) is 3.76. The fourth-order valence-corrected chi connectivity index (χ4v) is 3.11. The van der Waals surface area contributed by atoms with Crippen molar-refractivity contribution in [1.29, 1.82) is 0 Å². The van der Waals surface area contributed by atoms with Gasteiger partial charge < -0.3 is 14.6 Å². The van der Waals surface area contributed by atoms with Crippen LogP contribution in [0.2, 0.25) is 0 Å². The lowest BCUT2D eigenvalue weighted by Gasteiger charge is -2.10. The molecule has 3 aromatic rings. The van der Waals surface area contributed by atoms with Gasteiger partial charge in [0.05, 0.1) is 12.8 Å². The summed E-state index contributed by atoms with van der Waals surface area (Å²) < 4.78 is 8.15. The van der Waals surface area contributed by atoms with E-state index in [1.807, 2.05) is 12.1 Å². The van der Waals surface area contributed by atoms with E-state index in [-0.39, 0.29) is 0 Å². The summed E-state index contributed by atoms with van der Waals surface area (Å²) in [7, 11) is 1.76. The Hall–Kier alpha value is -2.86. The third kappa shape index (κ3) is 4.86. The fraction of sp³-hybridized carbons (Fsp3) is 0.238. The van der Waals surface area contributed by atoms with Crippen molar-refractivity contribution in [2.24, 2.45) is 5.10 Å². The van der Waals surface area contributed by atoms with Crippen LogP contribution in [-0.4, -0.2) is 29.5 Å². The minimum Gasteiger partial charge on any atom is -0.492 e. The van der Waals surface area contributed by atoms with E-state index in [0.717, 1.165) is 28.8 Å². The summed E-state index contributed by atoms with van der Waals surface area (Å²) in [5.74, 6) is 0.913. The normalized spacial score (nSPS) is 11.1. The lowest BCUT2D eigenvalue weighted by Crippen LogP contribution is -2.28. The minimum absolute atomic E-state index is 0.483. The zero-order valence-electron chi connectivity index (χ0n) is 15.8. The number of thiocarbonyl (C=S) groups is 1. The zero-order chi connectivity index (χ0) is 19.2. The number of aromatic nitrogens is 1. The maximum Gasteiger partial charge on any atom is 0.186 e. The van der Waals surface area contributed by atoms with Crippen LogP contribution in [0.4, 0.5) is 0 Å². The molecule has 0 aliphatic carbocycles. The topological polar surface area (TPSA) is 50.6 Å². The highest BCUT2D eigenvalue weighted by Crippen LogP contribution is 2.21. The average Bonchev–Trinajstić information content (AvgIpc) is 2.99. The van der Waals surface area contributed by atoms with Crippen LogP contribution in [0.15, 0.2) is 53.8 Å². The highest BCUT2D eigenvalue weighted by molar-refractivity contribution is 7.80. The van der Waals surface area contributed by atoms with Gasteiger partial charge in [0.15, 0.2) is 5.11 Å². The molecule has 140 valence electrons. The molecule has 0 unspecified atom stereocenters. The SMILES string of the molecule is CNC(=S)N/N=C\c1cn(CCOc2cc(C)cc(C)c2)c2ccccc12. The lowest BCUT2D eigenvalue weighted by molar-refractivity contribution is 0.300. The number of fused-ring (bicyclic) bond motifs is 1. The molecule has 6 heteroatoms. The second-order valence-electron chi connectivity index (χ2n) is 6.42. The first-order valence-corrected chi connectivity index (χ1v) is 9.27. The lowest BCUT2D eigenvalue weighted by atomic mass is 10.1. The van der Waals surface area contributed by atoms with Crippen LogP contribution in [0.3, 0.4) is 0 Å². The Labute approximate surface area is 165 Å². The standard InChI is InChI=1S/C21H24N4OS/c1-15-10-16(2)12-18(11-15)26-9-8-25-14-17(13-23-24-21(27)22-3)19-6-4-5-7-20(19)25/h4-7,10-14H,8-9H2,1-3H3,(H2,22,24,27)/b23-13-. The van der Waals surface area contributed by atoms with Crippen molar-refractivity contribution in [1.82, 2.24) is 15.3 Å². The Morgan fingerprint density at radius 2 is 1.93 bits per heavy atom. The number of hydrazone groups is 1. The molecule has 2 aromatic carbocycles. The van der Waals surface area contributed by atoms with Gasteiger partial charge in [-0.3, -0.25) is 5.43 Å². The summed E-state index contributed by atoms with van der Waals surface area (Å²) in [6.07, 6.45) is 3.87. The van der Waals surface area contributed by atoms with E-state index in [2.05, 4.69) is 70.8 Å². The molecule has 0 amide bonds. The second kappa shape index (κ2) is 8.68. The molecule has 0 fully saturated rings. The second-order valence-corrected chi connectivity index (χ2v) is 6.82. The number of nitrogens with one attached hydrogen (secondary N) is 2. The number of hydrogen-bond acceptors (Lipinski definition) is 3. The molecule has 2 N–H and O–H groups in total. The number of benzene rings is 2. The summed E-state index contributed by atoms with van der Waals surface area (Å²) >= 11 is 5.04. The van der Waals surface area contributed by atoms with E-state index in [1.54, 1.807) is 13.3 Å². The van der Waals surface area contributed by atoms with Crippen molar-refractivity contribution < 1.29 is 4.74 Å². The van der Waals surface area contributed by atoms with Gasteiger partial charge in [-0.2, -0.15) is 5.10 Å². The molecule has 3 rings (SSSR count). The first kappa shape index (κ1) is 18.9. The van der Waals surface area contributed by atoms with Crippen LogP contribution in [-0.2, 0) is 6.54 Å². The van der Waals surface area contributed by atoms with Gasteiger partial charge in [0.1, 0.15) is 12.4 Å². The molecule has 0 spiro atoms. The molecule has 1 heterocycles. The quantitative estimate of drug-likeness (QED) is 0.388. The van der Waals surface area contributed by atoms with Crippen molar-refractivity contribution in [3.8, 4) is 5.75 Å². The summed E-state index contributed by atoms with van der Waals surface area (Å²) in [5, 5.41) is 8.66. The van der Waals surface area contributed by atoms with Crippen molar-refractivity contribution >= 4 is 34.4 Å². The summed E-state index contributed by atoms with van der Waals surface area (Å²) in [6.45, 7) is 5.52. The molecule has 0 aliphatic rings. The number of rotatable bonds is 6. The summed E-state index contributed by atoms with van der Waals surface area (Å²) in [4.78, 5) is 0. The Kier molecular flexibility index (Phi) is 6.08. The van der Waals surface area contributed by atoms with Crippen LogP contribution in [0, 0.1) is 13.8 Å². The van der Waals surface area contributed by atoms with Gasteiger partial charge in [-0.05, 0) is 55.4 Å². The van der Waals surface area contributed by atoms with Gasteiger partial charge in [0.2, 0.25) is 0 Å². The molecule has 0 saturated carbocycles. The highest BCUT2D eigenvalue weighted by Gasteiger charge is 2.07. The van der Waals surface area contributed by atoms with Crippen LogP contribution < -0.4 is 15.5 Å². The molecule has 1 aromatic heterocycles. The summed E-state index contributed by atoms with van der Waals surface area (Å²) in [5.41, 5.74) is 7.39. The van der Waals surface area contributed by atoms with Crippen molar-refractivity contribution in [3.05, 3.63) is 65.4 Å². The molecule has 0 atom stereocenters. The van der Waals surface area contributed by atoms with Gasteiger partial charge >= 0.3 is 0 Å². The number of nitrogens with zero attached hydrogens (tertiary/aromatic N) is 2. The molecule has 0 radical (unpaired) electrons. The maximum absolute atomic E-state index is 5.96. The predicted molar refractivity (Wildman–Crippen MR) is 116 cm³/mol. The van der Waals surface area contributed by atoms with Gasteiger partial charge in [-0.1, -0.05) is 24.3 Å². The molecule has 0 bridgehead atoms. The summed E-state index contributed by atoms with van der Waals surface area (Å²) in [6, 6.07) is 14.5. The van der Waals surface area contributed by atoms with Crippen molar-refractivity contribution in [2.75, 3.05) is 13.7 Å². The largest absolute Gasteiger partial charge is 0.492 e. The van der Waals surface area contributed by atoms with Gasteiger partial charge in [0, 0.05) is 29.7 Å². The van der Waals surface area contributed by atoms with E-state index in [9.17, 15) is 0 Å². The molecule has 0 aliphatic heterocycles. The van der Waals surface area contributed by atoms with Crippen LogP contribution in [0.25, 0.3) is 10.9 Å². The van der Waals surface area contributed by atoms with E-state index in [4.69, 9.17) is 17.0 Å². The molecule has 27 heavy (non-hydrogen) atoms. The number of para-hydroxylation sites is 1. The molecular formula is C21H24N4OS. The fourth-order valence-electron chi connectivity index (χ4n) is 3.06. The minimum atomic E-state index is 0.483. The first-order chi connectivity index (χ1) is 13.1. The third-order valence-electron chi connectivity index (χ3n) is 4.21. The maximum atomic E-state index is 5.96. The number of hydrogen-bond donors (Lipinski definition) is 2. The van der Waals surface area contributed by atoms with Crippen LogP contribution in [0.5, 0.6) is 5.75 Å². The number of ether oxygens (including phenoxy) is 1. The van der Waals surface area contributed by atoms with Gasteiger partial charge in [-0.15, -0.1) is 0 Å². The first-order valence-electron chi connectivity index (χ1n) is 8.86. The Morgan fingerprint density at radius 3 is 2.67 bits per heavy atom. The van der Waals surface area contributed by atoms with E-state index < -0.39 is 0 Å². The van der Waals surface area contributed by atoms with Crippen LogP contribution >= 0.6 is 12.2 Å². The Morgan fingerprint density at radius 1 is 1.19 bits per heavy atom. The smallest absolute Gasteiger partial charge is 0.186 e. The Bertz CT molecular complexity index is 957. The average molecular weight is 381 g/mol. The van der Waals surface area contributed by atoms with E-state index in [0.29, 0.717) is 11.7 Å². The zero-order valence-corrected chi connectivity index (χ0v) is 16.6. The monoisotopic (exact) mass is 380 g/mol. The van der Waals surface area contributed by atoms with Gasteiger partial charge in [-0.25, -0.2) is 0 Å². The molecular weight excluding hydrogens is 356 g/mol. The highest BCUT2D eigenvalue weighted by atomic mass is 32.1. The molecule has 0 saturated heterocycles. The third-order valence-corrected chi connectivity index (χ3v) is 4.51. The Balaban J connectivity index is 1.73. The van der Waals surface area contributed by atoms with E-state index >= 15 is 0 Å². The van der Waals surface area contributed by atoms with Crippen LogP contribution in [0.1, 0.15) is 16.7 Å². The molecule has 5 nitrogen and oxygen atoms in total. The number of aryl methyl sites for hydroxylation is 2. The van der Waals surface area contributed by atoms with Crippen molar-refractivity contribution in [3.63, 3.8) is 0 Å².